The van der Waals surface area contributed by atoms with E-state index < -0.39 is 27.6 Å². The van der Waals surface area contributed by atoms with E-state index in [1.165, 1.54) is 24.3 Å². The molecule has 28 heavy (non-hydrogen) atoms. The number of nitrogens with zero attached hydrogens (tertiary/aromatic N) is 2. The first-order chi connectivity index (χ1) is 13.0. The maximum atomic E-state index is 14.3. The van der Waals surface area contributed by atoms with Crippen LogP contribution in [0.2, 0.25) is 0 Å². The molecule has 0 bridgehead atoms. The second kappa shape index (κ2) is 6.84. The Labute approximate surface area is 156 Å². The minimum Gasteiger partial charge on any atom is -0.395 e. The molecule has 0 aliphatic carbocycles. The molecule has 1 aromatic heterocycles. The molecule has 3 rings (SSSR count). The Morgan fingerprint density at radius 2 is 1.54 bits per heavy atom. The van der Waals surface area contributed by atoms with Crippen LogP contribution in [0.1, 0.15) is 5.56 Å². The van der Waals surface area contributed by atoms with Crippen LogP contribution in [-0.2, 0) is 16.2 Å². The molecule has 0 radical (unpaired) electrons. The smallest absolute Gasteiger partial charge is 0.395 e. The van der Waals surface area contributed by atoms with Gasteiger partial charge < -0.3 is 5.73 Å². The maximum Gasteiger partial charge on any atom is 0.416 e. The van der Waals surface area contributed by atoms with Crippen LogP contribution >= 0.6 is 0 Å². The Bertz CT molecular complexity index is 1150. The number of hydrogen-bond donors (Lipinski definition) is 2. The zero-order valence-corrected chi connectivity index (χ0v) is 14.7. The number of aromatic nitrogens is 2. The van der Waals surface area contributed by atoms with Crippen molar-refractivity contribution in [1.82, 2.24) is 9.97 Å². The third-order valence-electron chi connectivity index (χ3n) is 3.89. The molecule has 11 heteroatoms. The number of benzene rings is 2. The van der Waals surface area contributed by atoms with Gasteiger partial charge >= 0.3 is 6.18 Å². The molecule has 0 aliphatic heterocycles. The summed E-state index contributed by atoms with van der Waals surface area (Å²) in [6, 6.07) is 7.29. The highest BCUT2D eigenvalue weighted by Gasteiger charge is 2.31. The van der Waals surface area contributed by atoms with Gasteiger partial charge in [0.2, 0.25) is 10.0 Å². The second-order valence-electron chi connectivity index (χ2n) is 5.75. The van der Waals surface area contributed by atoms with Crippen molar-refractivity contribution in [2.75, 3.05) is 5.73 Å². The van der Waals surface area contributed by atoms with E-state index in [1.54, 1.807) is 0 Å². The molecule has 2 aromatic carbocycles. The van der Waals surface area contributed by atoms with E-state index in [1.807, 2.05) is 0 Å². The monoisotopic (exact) mass is 412 g/mol. The first kappa shape index (κ1) is 19.7. The molecule has 4 N–H and O–H groups in total. The molecule has 0 aliphatic rings. The summed E-state index contributed by atoms with van der Waals surface area (Å²) in [6.07, 6.45) is -3.61. The number of nitrogens with two attached hydrogens (primary N) is 2. The van der Waals surface area contributed by atoms with Crippen LogP contribution in [0.15, 0.2) is 53.7 Å². The van der Waals surface area contributed by atoms with E-state index in [4.69, 9.17) is 10.9 Å². The lowest BCUT2D eigenvalue weighted by atomic mass is 10.0. The Hall–Kier alpha value is -3.05. The van der Waals surface area contributed by atoms with Crippen molar-refractivity contribution in [2.24, 2.45) is 5.14 Å². The number of halogens is 4. The van der Waals surface area contributed by atoms with Crippen LogP contribution in [0.4, 0.5) is 23.2 Å². The van der Waals surface area contributed by atoms with E-state index in [9.17, 15) is 26.0 Å². The quantitative estimate of drug-likeness (QED) is 0.642. The molecule has 0 atom stereocenters. The Kier molecular flexibility index (Phi) is 4.81. The van der Waals surface area contributed by atoms with Gasteiger partial charge in [-0.3, -0.25) is 0 Å². The predicted molar refractivity (Wildman–Crippen MR) is 93.6 cm³/mol. The summed E-state index contributed by atoms with van der Waals surface area (Å²) < 4.78 is 75.1. The fourth-order valence-corrected chi connectivity index (χ4v) is 3.04. The number of hydrogen-bond acceptors (Lipinski definition) is 5. The van der Waals surface area contributed by atoms with Crippen molar-refractivity contribution in [3.05, 3.63) is 60.2 Å². The third kappa shape index (κ3) is 3.80. The van der Waals surface area contributed by atoms with Gasteiger partial charge in [-0.2, -0.15) is 13.2 Å². The molecule has 0 fully saturated rings. The van der Waals surface area contributed by atoms with Crippen molar-refractivity contribution in [3.8, 4) is 22.5 Å². The van der Waals surface area contributed by atoms with Gasteiger partial charge in [0.15, 0.2) is 0 Å². The van der Waals surface area contributed by atoms with Crippen molar-refractivity contribution in [3.63, 3.8) is 0 Å². The first-order valence-electron chi connectivity index (χ1n) is 7.59. The molecule has 0 saturated carbocycles. The summed E-state index contributed by atoms with van der Waals surface area (Å²) in [5.41, 5.74) is 5.02. The van der Waals surface area contributed by atoms with Crippen LogP contribution < -0.4 is 10.9 Å². The van der Waals surface area contributed by atoms with Gasteiger partial charge in [0.05, 0.1) is 21.8 Å². The van der Waals surface area contributed by atoms with Crippen molar-refractivity contribution in [2.45, 2.75) is 11.1 Å². The van der Waals surface area contributed by atoms with E-state index in [0.29, 0.717) is 11.6 Å². The van der Waals surface area contributed by atoms with Crippen LogP contribution in [0, 0.1) is 5.82 Å². The second-order valence-corrected chi connectivity index (χ2v) is 7.31. The minimum absolute atomic E-state index is 0.0792. The maximum absolute atomic E-state index is 14.3. The molecule has 0 amide bonds. The predicted octanol–water partition coefficient (Wildman–Crippen LogP) is 3.20. The average molecular weight is 412 g/mol. The summed E-state index contributed by atoms with van der Waals surface area (Å²) in [5, 5.41) is 5.04. The molecule has 3 aromatic rings. The van der Waals surface area contributed by atoms with Gasteiger partial charge in [0, 0.05) is 11.1 Å². The van der Waals surface area contributed by atoms with Gasteiger partial charge in [0.1, 0.15) is 17.8 Å². The normalized spacial score (nSPS) is 12.2. The summed E-state index contributed by atoms with van der Waals surface area (Å²) in [6.45, 7) is 0. The summed E-state index contributed by atoms with van der Waals surface area (Å²) in [5.74, 6) is -1.14. The van der Waals surface area contributed by atoms with Gasteiger partial charge in [0.25, 0.3) is 0 Å². The molecule has 0 saturated heterocycles. The molecular formula is C17H12F4N4O2S. The molecular weight excluding hydrogens is 400 g/mol. The molecule has 1 heterocycles. The summed E-state index contributed by atoms with van der Waals surface area (Å²) >= 11 is 0. The van der Waals surface area contributed by atoms with Gasteiger partial charge in [-0.05, 0) is 30.3 Å². The Morgan fingerprint density at radius 1 is 0.929 bits per heavy atom. The lowest BCUT2D eigenvalue weighted by Gasteiger charge is -2.12. The van der Waals surface area contributed by atoms with E-state index in [0.717, 1.165) is 18.5 Å². The fourth-order valence-electron chi connectivity index (χ4n) is 2.53. The Morgan fingerprint density at radius 3 is 2.07 bits per heavy atom. The van der Waals surface area contributed by atoms with Crippen LogP contribution in [0.5, 0.6) is 0 Å². The third-order valence-corrected chi connectivity index (χ3v) is 4.82. The van der Waals surface area contributed by atoms with E-state index >= 15 is 0 Å². The topological polar surface area (TPSA) is 112 Å². The molecule has 6 nitrogen and oxygen atoms in total. The highest BCUT2D eigenvalue weighted by atomic mass is 32.2. The molecule has 0 unspecified atom stereocenters. The Balaban J connectivity index is 2.07. The fraction of sp³-hybridized carbons (Fsp3) is 0.0588. The van der Waals surface area contributed by atoms with Gasteiger partial charge in [-0.25, -0.2) is 27.9 Å². The zero-order valence-electron chi connectivity index (χ0n) is 13.9. The highest BCUT2D eigenvalue weighted by Crippen LogP contribution is 2.36. The molecule has 146 valence electrons. The summed E-state index contributed by atoms with van der Waals surface area (Å²) in [7, 11) is -3.89. The number of anilines is 1. The van der Waals surface area contributed by atoms with Crippen LogP contribution in [0.25, 0.3) is 22.5 Å². The number of sulfonamides is 1. The lowest BCUT2D eigenvalue weighted by molar-refractivity contribution is -0.137. The largest absolute Gasteiger partial charge is 0.416 e. The van der Waals surface area contributed by atoms with Crippen molar-refractivity contribution in [1.29, 1.82) is 0 Å². The number of primary sulfonamides is 1. The number of nitrogen functional groups attached to an aromatic ring is 1. The number of rotatable bonds is 3. The SMILES string of the molecule is Nc1c(-c2ccc(S(N)(=O)=O)cc2)ncnc1-c1ccc(C(F)(F)F)cc1F. The van der Waals surface area contributed by atoms with Crippen molar-refractivity contribution < 1.29 is 26.0 Å². The van der Waals surface area contributed by atoms with Crippen molar-refractivity contribution >= 4 is 15.7 Å². The van der Waals surface area contributed by atoms with Gasteiger partial charge in [-0.1, -0.05) is 12.1 Å². The zero-order chi connectivity index (χ0) is 20.7. The van der Waals surface area contributed by atoms with Crippen LogP contribution in [0.3, 0.4) is 0 Å². The van der Waals surface area contributed by atoms with E-state index in [2.05, 4.69) is 9.97 Å². The molecule has 0 spiro atoms. The highest BCUT2D eigenvalue weighted by molar-refractivity contribution is 7.89. The van der Waals surface area contributed by atoms with E-state index in [-0.39, 0.29) is 27.5 Å². The minimum atomic E-state index is -4.69. The van der Waals surface area contributed by atoms with Crippen LogP contribution in [-0.4, -0.2) is 18.4 Å². The van der Waals surface area contributed by atoms with Gasteiger partial charge in [-0.15, -0.1) is 0 Å². The number of alkyl halides is 3. The average Bonchev–Trinajstić information content (AvgIpc) is 2.61. The standard InChI is InChI=1S/C17H12F4N4O2S/c18-13-7-10(17(19,20)21)3-6-12(13)16-14(22)15(24-8-25-16)9-1-4-11(5-2-9)28(23,26)27/h1-8H,22H2,(H2,23,26,27). The first-order valence-corrected chi connectivity index (χ1v) is 9.14. The lowest BCUT2D eigenvalue weighted by Crippen LogP contribution is -2.11. The summed E-state index contributed by atoms with van der Waals surface area (Å²) in [4.78, 5) is 7.74.